The number of esters is 1. The van der Waals surface area contributed by atoms with E-state index in [2.05, 4.69) is 10.3 Å². The molecule has 0 radical (unpaired) electrons. The fourth-order valence-electron chi connectivity index (χ4n) is 2.91. The van der Waals surface area contributed by atoms with Crippen LogP contribution < -0.4 is 5.32 Å². The molecule has 0 atom stereocenters. The molecule has 0 unspecified atom stereocenters. The molecular weight excluding hydrogens is 330 g/mol. The summed E-state index contributed by atoms with van der Waals surface area (Å²) in [7, 11) is 1.84. The number of nitrogens with zero attached hydrogens (tertiary/aromatic N) is 2. The molecule has 6 heteroatoms. The molecule has 1 aromatic carbocycles. The smallest absolute Gasteiger partial charge is 0.340 e. The lowest BCUT2D eigenvalue weighted by Gasteiger charge is -2.19. The molecule has 1 heterocycles. The molecule has 2 aromatic rings. The number of hydrogen-bond acceptors (Lipinski definition) is 5. The van der Waals surface area contributed by atoms with Crippen molar-refractivity contribution in [2.24, 2.45) is 0 Å². The fourth-order valence-corrected chi connectivity index (χ4v) is 2.91. The summed E-state index contributed by atoms with van der Waals surface area (Å²) in [6.45, 7) is 7.31. The minimum absolute atomic E-state index is 0.0375. The Labute approximate surface area is 154 Å². The predicted molar refractivity (Wildman–Crippen MR) is 102 cm³/mol. The number of para-hydroxylation sites is 1. The quantitative estimate of drug-likeness (QED) is 0.736. The second-order valence-electron chi connectivity index (χ2n) is 6.32. The average Bonchev–Trinajstić information content (AvgIpc) is 2.60. The lowest BCUT2D eigenvalue weighted by atomic mass is 10.0. The molecule has 1 N–H and O–H groups in total. The zero-order valence-electron chi connectivity index (χ0n) is 16.0. The van der Waals surface area contributed by atoms with Gasteiger partial charge in [0.15, 0.2) is 0 Å². The van der Waals surface area contributed by atoms with E-state index in [0.717, 1.165) is 22.9 Å². The van der Waals surface area contributed by atoms with E-state index >= 15 is 0 Å². The molecule has 140 valence electrons. The number of rotatable bonds is 8. The van der Waals surface area contributed by atoms with Crippen LogP contribution in [0.25, 0.3) is 10.9 Å². The Hall–Kier alpha value is -2.47. The number of fused-ring (bicyclic) bond motifs is 1. The largest absolute Gasteiger partial charge is 0.462 e. The Morgan fingerprint density at radius 1 is 1.23 bits per heavy atom. The van der Waals surface area contributed by atoms with Crippen molar-refractivity contribution in [3.8, 4) is 0 Å². The van der Waals surface area contributed by atoms with Crippen LogP contribution in [-0.4, -0.2) is 48.5 Å². The number of amides is 1. The van der Waals surface area contributed by atoms with Crippen molar-refractivity contribution in [3.63, 3.8) is 0 Å². The monoisotopic (exact) mass is 357 g/mol. The van der Waals surface area contributed by atoms with Crippen molar-refractivity contribution in [1.82, 2.24) is 15.2 Å². The SMILES string of the molecule is CCCNC(=O)CN(C)Cc1nc2ccccc2c(C)c1C(=O)OCC. The summed E-state index contributed by atoms with van der Waals surface area (Å²) >= 11 is 0. The van der Waals surface area contributed by atoms with Gasteiger partial charge >= 0.3 is 5.97 Å². The van der Waals surface area contributed by atoms with E-state index in [9.17, 15) is 9.59 Å². The molecule has 0 bridgehead atoms. The van der Waals surface area contributed by atoms with Gasteiger partial charge in [-0.1, -0.05) is 25.1 Å². The number of likely N-dealkylation sites (N-methyl/N-ethyl adjacent to an activating group) is 1. The van der Waals surface area contributed by atoms with Crippen LogP contribution in [0.2, 0.25) is 0 Å². The normalized spacial score (nSPS) is 11.0. The number of benzene rings is 1. The first-order chi connectivity index (χ1) is 12.5. The lowest BCUT2D eigenvalue weighted by Crippen LogP contribution is -2.35. The zero-order chi connectivity index (χ0) is 19.1. The van der Waals surface area contributed by atoms with Crippen LogP contribution >= 0.6 is 0 Å². The third-order valence-electron chi connectivity index (χ3n) is 4.11. The first kappa shape index (κ1) is 19.8. The van der Waals surface area contributed by atoms with Gasteiger partial charge in [-0.3, -0.25) is 14.7 Å². The number of aryl methyl sites for hydroxylation is 1. The number of aromatic nitrogens is 1. The molecule has 0 saturated carbocycles. The van der Waals surface area contributed by atoms with E-state index in [-0.39, 0.29) is 18.4 Å². The molecule has 1 aromatic heterocycles. The Morgan fingerprint density at radius 2 is 1.96 bits per heavy atom. The Balaban J connectivity index is 2.33. The van der Waals surface area contributed by atoms with Gasteiger partial charge in [0.25, 0.3) is 0 Å². The fraction of sp³-hybridized carbons (Fsp3) is 0.450. The second-order valence-corrected chi connectivity index (χ2v) is 6.32. The highest BCUT2D eigenvalue weighted by atomic mass is 16.5. The van der Waals surface area contributed by atoms with Crippen molar-refractivity contribution < 1.29 is 14.3 Å². The third kappa shape index (κ3) is 4.79. The molecule has 0 aliphatic carbocycles. The third-order valence-corrected chi connectivity index (χ3v) is 4.11. The number of ether oxygens (including phenoxy) is 1. The molecule has 1 amide bonds. The molecule has 2 rings (SSSR count). The van der Waals surface area contributed by atoms with Gasteiger partial charge in [-0.25, -0.2) is 4.79 Å². The second kappa shape index (κ2) is 9.29. The molecule has 6 nitrogen and oxygen atoms in total. The van der Waals surface area contributed by atoms with Crippen LogP contribution in [0.4, 0.5) is 0 Å². The van der Waals surface area contributed by atoms with E-state index < -0.39 is 0 Å². The molecule has 26 heavy (non-hydrogen) atoms. The summed E-state index contributed by atoms with van der Waals surface area (Å²) in [5.74, 6) is -0.411. The topological polar surface area (TPSA) is 71.5 Å². The van der Waals surface area contributed by atoms with Crippen LogP contribution in [-0.2, 0) is 16.1 Å². The van der Waals surface area contributed by atoms with Gasteiger partial charge in [-0.05, 0) is 38.9 Å². The van der Waals surface area contributed by atoms with E-state index in [1.165, 1.54) is 0 Å². The molecule has 0 aliphatic heterocycles. The van der Waals surface area contributed by atoms with Crippen molar-refractivity contribution >= 4 is 22.8 Å². The highest BCUT2D eigenvalue weighted by molar-refractivity contribution is 5.98. The Kier molecular flexibility index (Phi) is 7.09. The summed E-state index contributed by atoms with van der Waals surface area (Å²) in [5.41, 5.74) is 2.81. The van der Waals surface area contributed by atoms with Gasteiger partial charge in [0, 0.05) is 18.5 Å². The minimum atomic E-state index is -0.373. The first-order valence-electron chi connectivity index (χ1n) is 8.98. The summed E-state index contributed by atoms with van der Waals surface area (Å²) in [6.07, 6.45) is 0.897. The number of carbonyl (C=O) groups excluding carboxylic acids is 2. The van der Waals surface area contributed by atoms with Crippen molar-refractivity contribution in [2.45, 2.75) is 33.7 Å². The van der Waals surface area contributed by atoms with Crippen LogP contribution in [0.1, 0.15) is 41.9 Å². The number of hydrogen-bond donors (Lipinski definition) is 1. The molecule has 0 spiro atoms. The maximum Gasteiger partial charge on any atom is 0.340 e. The highest BCUT2D eigenvalue weighted by Gasteiger charge is 2.21. The maximum atomic E-state index is 12.5. The van der Waals surface area contributed by atoms with Gasteiger partial charge in [-0.15, -0.1) is 0 Å². The van der Waals surface area contributed by atoms with Gasteiger partial charge in [-0.2, -0.15) is 0 Å². The van der Waals surface area contributed by atoms with E-state index in [1.807, 2.05) is 50.1 Å². The minimum Gasteiger partial charge on any atom is -0.462 e. The Bertz CT molecular complexity index is 789. The standard InChI is InChI=1S/C20H27N3O3/c1-5-11-21-18(24)13-23(4)12-17-19(20(25)26-6-2)14(3)15-9-7-8-10-16(15)22-17/h7-10H,5-6,11-13H2,1-4H3,(H,21,24). The van der Waals surface area contributed by atoms with Crippen molar-refractivity contribution in [2.75, 3.05) is 26.7 Å². The molecule has 0 fully saturated rings. The molecule has 0 aliphatic rings. The van der Waals surface area contributed by atoms with Gasteiger partial charge in [0.2, 0.25) is 5.91 Å². The number of carbonyl (C=O) groups is 2. The van der Waals surface area contributed by atoms with Gasteiger partial charge in [0.05, 0.1) is 29.9 Å². The summed E-state index contributed by atoms with van der Waals surface area (Å²) in [4.78, 5) is 31.0. The predicted octanol–water partition coefficient (Wildman–Crippen LogP) is 2.68. The number of nitrogens with one attached hydrogen (secondary N) is 1. The Morgan fingerprint density at radius 3 is 2.65 bits per heavy atom. The van der Waals surface area contributed by atoms with Crippen LogP contribution in [0.5, 0.6) is 0 Å². The maximum absolute atomic E-state index is 12.5. The van der Waals surface area contributed by atoms with Gasteiger partial charge in [0.1, 0.15) is 0 Å². The van der Waals surface area contributed by atoms with Crippen molar-refractivity contribution in [3.05, 3.63) is 41.1 Å². The van der Waals surface area contributed by atoms with E-state index in [0.29, 0.717) is 31.0 Å². The first-order valence-corrected chi connectivity index (χ1v) is 8.98. The van der Waals surface area contributed by atoms with Gasteiger partial charge < -0.3 is 10.1 Å². The molecule has 0 saturated heterocycles. The van der Waals surface area contributed by atoms with Crippen LogP contribution in [0.3, 0.4) is 0 Å². The highest BCUT2D eigenvalue weighted by Crippen LogP contribution is 2.24. The van der Waals surface area contributed by atoms with Crippen LogP contribution in [0.15, 0.2) is 24.3 Å². The lowest BCUT2D eigenvalue weighted by molar-refractivity contribution is -0.122. The average molecular weight is 357 g/mol. The summed E-state index contributed by atoms with van der Waals surface area (Å²) in [6, 6.07) is 7.72. The zero-order valence-corrected chi connectivity index (χ0v) is 16.0. The summed E-state index contributed by atoms with van der Waals surface area (Å²) in [5, 5.41) is 3.79. The number of pyridine rings is 1. The van der Waals surface area contributed by atoms with Crippen molar-refractivity contribution in [1.29, 1.82) is 0 Å². The van der Waals surface area contributed by atoms with E-state index in [1.54, 1.807) is 6.92 Å². The summed E-state index contributed by atoms with van der Waals surface area (Å²) < 4.78 is 5.24. The van der Waals surface area contributed by atoms with Crippen LogP contribution in [0, 0.1) is 6.92 Å². The molecular formula is C20H27N3O3. The van der Waals surface area contributed by atoms with E-state index in [4.69, 9.17) is 4.74 Å².